The van der Waals surface area contributed by atoms with E-state index in [9.17, 15) is 4.79 Å². The Morgan fingerprint density at radius 1 is 1.56 bits per heavy atom. The lowest BCUT2D eigenvalue weighted by Gasteiger charge is -2.03. The normalized spacial score (nSPS) is 10.4. The monoisotopic (exact) mass is 250 g/mol. The van der Waals surface area contributed by atoms with Crippen molar-refractivity contribution < 1.29 is 9.53 Å². The topological polar surface area (TPSA) is 97.7 Å². The Morgan fingerprint density at radius 2 is 2.33 bits per heavy atom. The zero-order valence-corrected chi connectivity index (χ0v) is 10.4. The van der Waals surface area contributed by atoms with Crippen LogP contribution in [-0.4, -0.2) is 38.0 Å². The number of aromatic amines is 1. The summed E-state index contributed by atoms with van der Waals surface area (Å²) in [6.45, 7) is 3.90. The minimum Gasteiger partial charge on any atom is -0.466 e. The molecule has 0 aliphatic heterocycles. The number of anilines is 1. The smallest absolute Gasteiger partial charge is 0.336 e. The van der Waals surface area contributed by atoms with Gasteiger partial charge in [-0.1, -0.05) is 0 Å². The lowest BCUT2D eigenvalue weighted by molar-refractivity contribution is -0.117. The molecule has 0 unspecified atom stereocenters. The van der Waals surface area contributed by atoms with Crippen LogP contribution in [0, 0.1) is 13.8 Å². The number of methoxy groups -OCH3 is 1. The number of hydrogen-bond acceptors (Lipinski definition) is 5. The van der Waals surface area contributed by atoms with E-state index in [0.717, 1.165) is 11.4 Å². The Balaban J connectivity index is 1.98. The van der Waals surface area contributed by atoms with E-state index in [1.165, 1.54) is 7.11 Å². The highest BCUT2D eigenvalue weighted by molar-refractivity contribution is 5.88. The maximum absolute atomic E-state index is 11.7. The number of nitrogens with zero attached hydrogens (tertiary/aromatic N) is 4. The van der Waals surface area contributed by atoms with Crippen molar-refractivity contribution in [3.8, 4) is 6.01 Å². The first-order valence-corrected chi connectivity index (χ1v) is 5.36. The predicted molar refractivity (Wildman–Crippen MR) is 63.3 cm³/mol. The van der Waals surface area contributed by atoms with Gasteiger partial charge in [0, 0.05) is 5.69 Å². The van der Waals surface area contributed by atoms with Crippen molar-refractivity contribution in [2.75, 3.05) is 12.4 Å². The Morgan fingerprint density at radius 3 is 2.89 bits per heavy atom. The zero-order valence-electron chi connectivity index (χ0n) is 10.4. The van der Waals surface area contributed by atoms with Crippen LogP contribution in [0.5, 0.6) is 6.01 Å². The Hall–Kier alpha value is -2.38. The van der Waals surface area contributed by atoms with E-state index in [2.05, 4.69) is 25.6 Å². The van der Waals surface area contributed by atoms with Gasteiger partial charge in [-0.2, -0.15) is 10.1 Å². The number of nitrogens with one attached hydrogen (secondary N) is 2. The van der Waals surface area contributed by atoms with E-state index in [-0.39, 0.29) is 24.4 Å². The number of rotatable bonds is 4. The second kappa shape index (κ2) is 4.86. The summed E-state index contributed by atoms with van der Waals surface area (Å²) in [5, 5.41) is 13.0. The van der Waals surface area contributed by atoms with Crippen LogP contribution in [0.2, 0.25) is 0 Å². The van der Waals surface area contributed by atoms with E-state index in [0.29, 0.717) is 0 Å². The van der Waals surface area contributed by atoms with Crippen molar-refractivity contribution in [2.24, 2.45) is 0 Å². The third-order valence-corrected chi connectivity index (χ3v) is 2.30. The largest absolute Gasteiger partial charge is 0.466 e. The highest BCUT2D eigenvalue weighted by atomic mass is 16.5. The Labute approximate surface area is 103 Å². The van der Waals surface area contributed by atoms with Gasteiger partial charge in [-0.3, -0.25) is 14.8 Å². The van der Waals surface area contributed by atoms with Gasteiger partial charge in [0.1, 0.15) is 6.54 Å². The molecule has 2 aromatic heterocycles. The van der Waals surface area contributed by atoms with Crippen LogP contribution >= 0.6 is 0 Å². The molecular formula is C10H14N6O2. The number of hydrogen-bond donors (Lipinski definition) is 2. The standard InChI is InChI=1S/C10H14N6O2/c1-6-4-7(2)16(15-6)5-8(17)11-9-12-10(18-3)14-13-9/h4H,5H2,1-3H3,(H2,11,12,13,14,17). The molecule has 0 saturated carbocycles. The number of H-pyrrole nitrogens is 1. The second-order valence-electron chi connectivity index (χ2n) is 3.80. The molecule has 0 bridgehead atoms. The lowest BCUT2D eigenvalue weighted by Crippen LogP contribution is -2.21. The van der Waals surface area contributed by atoms with Crippen LogP contribution in [0.1, 0.15) is 11.4 Å². The lowest BCUT2D eigenvalue weighted by atomic mass is 10.4. The molecule has 96 valence electrons. The fourth-order valence-corrected chi connectivity index (χ4v) is 1.54. The molecule has 0 aromatic carbocycles. The van der Waals surface area contributed by atoms with Crippen LogP contribution in [-0.2, 0) is 11.3 Å². The van der Waals surface area contributed by atoms with E-state index in [1.807, 2.05) is 19.9 Å². The third-order valence-electron chi connectivity index (χ3n) is 2.30. The fourth-order valence-electron chi connectivity index (χ4n) is 1.54. The molecule has 8 nitrogen and oxygen atoms in total. The van der Waals surface area contributed by atoms with Crippen molar-refractivity contribution in [2.45, 2.75) is 20.4 Å². The zero-order chi connectivity index (χ0) is 13.1. The highest BCUT2D eigenvalue weighted by Crippen LogP contribution is 2.05. The van der Waals surface area contributed by atoms with Crippen molar-refractivity contribution in [1.82, 2.24) is 25.0 Å². The Kier molecular flexibility index (Phi) is 3.26. The number of amides is 1. The average molecular weight is 250 g/mol. The summed E-state index contributed by atoms with van der Waals surface area (Å²) >= 11 is 0. The number of aromatic nitrogens is 5. The summed E-state index contributed by atoms with van der Waals surface area (Å²) in [4.78, 5) is 15.6. The van der Waals surface area contributed by atoms with Crippen molar-refractivity contribution in [1.29, 1.82) is 0 Å². The maximum Gasteiger partial charge on any atom is 0.336 e. The summed E-state index contributed by atoms with van der Waals surface area (Å²) in [6, 6.07) is 2.08. The Bertz CT molecular complexity index is 558. The number of carbonyl (C=O) groups excluding carboxylic acids is 1. The van der Waals surface area contributed by atoms with E-state index >= 15 is 0 Å². The van der Waals surface area contributed by atoms with Gasteiger partial charge >= 0.3 is 6.01 Å². The first-order valence-electron chi connectivity index (χ1n) is 5.36. The molecule has 2 heterocycles. The third kappa shape index (κ3) is 2.65. The predicted octanol–water partition coefficient (Wildman–Crippen LogP) is 0.265. The van der Waals surface area contributed by atoms with Gasteiger partial charge in [-0.25, -0.2) is 5.10 Å². The van der Waals surface area contributed by atoms with Gasteiger partial charge in [-0.15, -0.1) is 5.10 Å². The fraction of sp³-hybridized carbons (Fsp3) is 0.400. The van der Waals surface area contributed by atoms with Gasteiger partial charge in [0.25, 0.3) is 0 Å². The number of aryl methyl sites for hydroxylation is 2. The molecule has 0 atom stereocenters. The van der Waals surface area contributed by atoms with Gasteiger partial charge in [0.05, 0.1) is 12.8 Å². The second-order valence-corrected chi connectivity index (χ2v) is 3.80. The summed E-state index contributed by atoms with van der Waals surface area (Å²) in [5.41, 5.74) is 1.81. The molecular weight excluding hydrogens is 236 g/mol. The SMILES string of the molecule is COc1n[nH]c(NC(=O)Cn2nc(C)cc2C)n1. The summed E-state index contributed by atoms with van der Waals surface area (Å²) in [5.74, 6) is 0.0124. The number of carbonyl (C=O) groups is 1. The highest BCUT2D eigenvalue weighted by Gasteiger charge is 2.10. The van der Waals surface area contributed by atoms with Crippen LogP contribution in [0.25, 0.3) is 0 Å². The average Bonchev–Trinajstić information content (AvgIpc) is 2.86. The van der Waals surface area contributed by atoms with Gasteiger partial charge in [0.15, 0.2) is 0 Å². The molecule has 2 aromatic rings. The molecule has 0 aliphatic rings. The number of ether oxygens (including phenoxy) is 1. The van der Waals surface area contributed by atoms with Crippen LogP contribution in [0.15, 0.2) is 6.07 Å². The quantitative estimate of drug-likeness (QED) is 0.811. The molecule has 0 fully saturated rings. The molecule has 0 saturated heterocycles. The molecule has 8 heteroatoms. The minimum absolute atomic E-state index is 0.128. The molecule has 0 radical (unpaired) electrons. The van der Waals surface area contributed by atoms with Crippen LogP contribution < -0.4 is 10.1 Å². The van der Waals surface area contributed by atoms with Crippen LogP contribution in [0.3, 0.4) is 0 Å². The van der Waals surface area contributed by atoms with E-state index in [4.69, 9.17) is 4.74 Å². The minimum atomic E-state index is -0.236. The van der Waals surface area contributed by atoms with Gasteiger partial charge in [-0.05, 0) is 19.9 Å². The molecule has 18 heavy (non-hydrogen) atoms. The maximum atomic E-state index is 11.7. The molecule has 0 aliphatic carbocycles. The molecule has 2 rings (SSSR count). The van der Waals surface area contributed by atoms with Crippen molar-refractivity contribution >= 4 is 11.9 Å². The summed E-state index contributed by atoms with van der Waals surface area (Å²) in [6.07, 6.45) is 0. The van der Waals surface area contributed by atoms with E-state index in [1.54, 1.807) is 4.68 Å². The summed E-state index contributed by atoms with van der Waals surface area (Å²) in [7, 11) is 1.45. The van der Waals surface area contributed by atoms with Crippen molar-refractivity contribution in [3.05, 3.63) is 17.5 Å². The van der Waals surface area contributed by atoms with Gasteiger partial charge < -0.3 is 4.74 Å². The molecule has 2 N–H and O–H groups in total. The van der Waals surface area contributed by atoms with Crippen molar-refractivity contribution in [3.63, 3.8) is 0 Å². The molecule has 1 amide bonds. The van der Waals surface area contributed by atoms with Crippen LogP contribution in [0.4, 0.5) is 5.95 Å². The van der Waals surface area contributed by atoms with E-state index < -0.39 is 0 Å². The van der Waals surface area contributed by atoms with Gasteiger partial charge in [0.2, 0.25) is 11.9 Å². The molecule has 0 spiro atoms. The first-order chi connectivity index (χ1) is 8.58. The first kappa shape index (κ1) is 12.1. The summed E-state index contributed by atoms with van der Waals surface area (Å²) < 4.78 is 6.42.